The van der Waals surface area contributed by atoms with E-state index in [2.05, 4.69) is 11.2 Å². The average molecular weight is 408 g/mol. The summed E-state index contributed by atoms with van der Waals surface area (Å²) in [5.41, 5.74) is 8.35. The summed E-state index contributed by atoms with van der Waals surface area (Å²) in [6, 6.07) is 15.5. The zero-order valence-corrected chi connectivity index (χ0v) is 15.9. The van der Waals surface area contributed by atoms with Crippen LogP contribution in [0.5, 0.6) is 5.88 Å². The number of halogens is 1. The lowest BCUT2D eigenvalue weighted by Crippen LogP contribution is -2.22. The number of hydrogen-bond acceptors (Lipinski definition) is 6. The Morgan fingerprint density at radius 2 is 2.03 bits per heavy atom. The number of hydrogen-bond donors (Lipinski definition) is 1. The van der Waals surface area contributed by atoms with Gasteiger partial charge in [0.15, 0.2) is 0 Å². The molecule has 4 rings (SSSR count). The monoisotopic (exact) mass is 407 g/mol. The second kappa shape index (κ2) is 6.96. The predicted octanol–water partition coefficient (Wildman–Crippen LogP) is 3.96. The Morgan fingerprint density at radius 3 is 2.69 bits per heavy atom. The Hall–Kier alpha value is -3.83. The summed E-state index contributed by atoms with van der Waals surface area (Å²) in [4.78, 5) is 10.8. The molecule has 0 saturated carbocycles. The molecule has 8 nitrogen and oxygen atoms in total. The third kappa shape index (κ3) is 2.98. The van der Waals surface area contributed by atoms with E-state index in [0.29, 0.717) is 22.7 Å². The van der Waals surface area contributed by atoms with Gasteiger partial charge in [-0.25, -0.2) is 4.68 Å². The molecule has 144 valence electrons. The molecule has 9 heteroatoms. The lowest BCUT2D eigenvalue weighted by Gasteiger charge is -2.25. The molecule has 3 aromatic rings. The summed E-state index contributed by atoms with van der Waals surface area (Å²) in [6.07, 6.45) is 0. The van der Waals surface area contributed by atoms with Crippen LogP contribution in [0.4, 0.5) is 5.69 Å². The molecule has 0 unspecified atom stereocenters. The topological polar surface area (TPSA) is 120 Å². The molecule has 2 aromatic carbocycles. The molecule has 2 N–H and O–H groups in total. The number of non-ortho nitro benzene ring substituents is 1. The molecule has 1 aromatic heterocycles. The van der Waals surface area contributed by atoms with E-state index in [1.54, 1.807) is 11.6 Å². The third-order valence-electron chi connectivity index (χ3n) is 4.73. The molecule has 2 heterocycles. The van der Waals surface area contributed by atoms with Crippen LogP contribution in [0.2, 0.25) is 5.02 Å². The number of para-hydroxylation sites is 1. The number of nitrogens with two attached hydrogens (primary N) is 1. The van der Waals surface area contributed by atoms with Gasteiger partial charge in [-0.1, -0.05) is 29.8 Å². The smallest absolute Gasteiger partial charge is 0.269 e. The number of nitrogens with zero attached hydrogens (tertiary/aromatic N) is 4. The third-order valence-corrected chi connectivity index (χ3v) is 5.08. The van der Waals surface area contributed by atoms with Gasteiger partial charge < -0.3 is 10.5 Å². The molecule has 1 aliphatic heterocycles. The van der Waals surface area contributed by atoms with E-state index in [1.807, 2.05) is 30.3 Å². The van der Waals surface area contributed by atoms with Crippen molar-refractivity contribution in [2.75, 3.05) is 0 Å². The summed E-state index contributed by atoms with van der Waals surface area (Å²) in [6.45, 7) is 1.77. The highest BCUT2D eigenvalue weighted by Crippen LogP contribution is 2.46. The van der Waals surface area contributed by atoms with Gasteiger partial charge in [-0.3, -0.25) is 10.1 Å². The van der Waals surface area contributed by atoms with Crippen molar-refractivity contribution in [3.05, 3.63) is 91.9 Å². The fourth-order valence-electron chi connectivity index (χ4n) is 3.44. The van der Waals surface area contributed by atoms with E-state index < -0.39 is 10.8 Å². The molecule has 0 amide bonds. The number of ether oxygens (including phenoxy) is 1. The summed E-state index contributed by atoms with van der Waals surface area (Å²) in [5, 5.41) is 25.8. The highest BCUT2D eigenvalue weighted by molar-refractivity contribution is 6.31. The zero-order chi connectivity index (χ0) is 20.7. The number of aromatic nitrogens is 2. The van der Waals surface area contributed by atoms with Crippen LogP contribution < -0.4 is 10.5 Å². The first-order valence-corrected chi connectivity index (χ1v) is 8.96. The molecular weight excluding hydrogens is 394 g/mol. The first-order chi connectivity index (χ1) is 13.9. The fraction of sp³-hybridized carbons (Fsp3) is 0.100. The maximum Gasteiger partial charge on any atom is 0.269 e. The maximum atomic E-state index is 11.3. The fourth-order valence-corrected chi connectivity index (χ4v) is 3.66. The van der Waals surface area contributed by atoms with Crippen LogP contribution in [-0.2, 0) is 0 Å². The second-order valence-corrected chi connectivity index (χ2v) is 6.85. The molecular formula is C20H14ClN5O3. The van der Waals surface area contributed by atoms with Gasteiger partial charge in [0.1, 0.15) is 11.6 Å². The minimum absolute atomic E-state index is 0.0929. The van der Waals surface area contributed by atoms with Crippen molar-refractivity contribution in [2.24, 2.45) is 5.73 Å². The number of nitriles is 1. The number of allylic oxidation sites excluding steroid dienone is 1. The van der Waals surface area contributed by atoms with Crippen LogP contribution in [-0.4, -0.2) is 14.7 Å². The lowest BCUT2D eigenvalue weighted by molar-refractivity contribution is -0.384. The van der Waals surface area contributed by atoms with Gasteiger partial charge in [0.05, 0.1) is 27.8 Å². The number of rotatable bonds is 3. The first kappa shape index (κ1) is 18.5. The number of nitro groups is 1. The predicted molar refractivity (Wildman–Crippen MR) is 106 cm³/mol. The SMILES string of the molecule is Cc1nn(-c2ccccc2)c2c1[C@@H](c1cc([N+](=O)[O-])ccc1Cl)C(C#N)=C(N)O2. The Kier molecular flexibility index (Phi) is 4.45. The number of benzene rings is 2. The highest BCUT2D eigenvalue weighted by Gasteiger charge is 2.37. The summed E-state index contributed by atoms with van der Waals surface area (Å²) in [7, 11) is 0. The van der Waals surface area contributed by atoms with E-state index >= 15 is 0 Å². The zero-order valence-electron chi connectivity index (χ0n) is 15.2. The Morgan fingerprint density at radius 1 is 1.31 bits per heavy atom. The van der Waals surface area contributed by atoms with Crippen LogP contribution in [0.15, 0.2) is 60.0 Å². The van der Waals surface area contributed by atoms with Crippen molar-refractivity contribution in [3.8, 4) is 17.6 Å². The van der Waals surface area contributed by atoms with Crippen molar-refractivity contribution in [2.45, 2.75) is 12.8 Å². The van der Waals surface area contributed by atoms with Crippen molar-refractivity contribution in [3.63, 3.8) is 0 Å². The van der Waals surface area contributed by atoms with Gasteiger partial charge in [0.2, 0.25) is 11.8 Å². The Bertz CT molecular complexity index is 1210. The Labute approximate surface area is 170 Å². The van der Waals surface area contributed by atoms with Crippen molar-refractivity contribution < 1.29 is 9.66 Å². The highest BCUT2D eigenvalue weighted by atomic mass is 35.5. The number of nitro benzene ring substituents is 1. The summed E-state index contributed by atoms with van der Waals surface area (Å²) < 4.78 is 7.36. The van der Waals surface area contributed by atoms with Gasteiger partial charge in [-0.2, -0.15) is 10.4 Å². The van der Waals surface area contributed by atoms with Gasteiger partial charge >= 0.3 is 0 Å². The largest absolute Gasteiger partial charge is 0.422 e. The summed E-state index contributed by atoms with van der Waals surface area (Å²) in [5.74, 6) is -0.490. The van der Waals surface area contributed by atoms with Gasteiger partial charge in [0, 0.05) is 17.2 Å². The minimum Gasteiger partial charge on any atom is -0.422 e. The Balaban J connectivity index is 2.00. The number of fused-ring (bicyclic) bond motifs is 1. The summed E-state index contributed by atoms with van der Waals surface area (Å²) >= 11 is 6.38. The molecule has 0 spiro atoms. The van der Waals surface area contributed by atoms with Crippen LogP contribution >= 0.6 is 11.6 Å². The van der Waals surface area contributed by atoms with E-state index in [9.17, 15) is 15.4 Å². The normalized spacial score (nSPS) is 15.4. The molecule has 29 heavy (non-hydrogen) atoms. The average Bonchev–Trinajstić information content (AvgIpc) is 3.04. The van der Waals surface area contributed by atoms with E-state index in [-0.39, 0.29) is 22.2 Å². The molecule has 1 atom stereocenters. The molecule has 1 aliphatic rings. The van der Waals surface area contributed by atoms with Crippen LogP contribution in [0.25, 0.3) is 5.69 Å². The molecule has 0 bridgehead atoms. The van der Waals surface area contributed by atoms with Crippen LogP contribution in [0, 0.1) is 28.4 Å². The van der Waals surface area contributed by atoms with Gasteiger partial charge in [-0.15, -0.1) is 0 Å². The number of aryl methyl sites for hydroxylation is 1. The van der Waals surface area contributed by atoms with Gasteiger partial charge in [-0.05, 0) is 30.7 Å². The standard InChI is InChI=1S/C20H14ClN5O3/c1-11-17-18(14-9-13(26(27)28)7-8-16(14)21)15(10-22)19(23)29-20(17)25(24-11)12-5-3-2-4-6-12/h2-9,18H,23H2,1H3/t18-/m0/s1. The van der Waals surface area contributed by atoms with Crippen molar-refractivity contribution >= 4 is 17.3 Å². The quantitative estimate of drug-likeness (QED) is 0.518. The molecule has 0 saturated heterocycles. The van der Waals surface area contributed by atoms with Crippen molar-refractivity contribution in [1.29, 1.82) is 5.26 Å². The van der Waals surface area contributed by atoms with E-state index in [4.69, 9.17) is 22.1 Å². The van der Waals surface area contributed by atoms with E-state index in [0.717, 1.165) is 5.69 Å². The van der Waals surface area contributed by atoms with Crippen LogP contribution in [0.3, 0.4) is 0 Å². The van der Waals surface area contributed by atoms with Crippen molar-refractivity contribution in [1.82, 2.24) is 9.78 Å². The molecule has 0 aliphatic carbocycles. The maximum absolute atomic E-state index is 11.3. The second-order valence-electron chi connectivity index (χ2n) is 6.44. The molecule has 0 radical (unpaired) electrons. The van der Waals surface area contributed by atoms with Gasteiger partial charge in [0.25, 0.3) is 5.69 Å². The lowest BCUT2D eigenvalue weighted by atomic mass is 9.84. The van der Waals surface area contributed by atoms with Crippen LogP contribution in [0.1, 0.15) is 22.7 Å². The minimum atomic E-state index is -0.742. The van der Waals surface area contributed by atoms with E-state index in [1.165, 1.54) is 18.2 Å². The first-order valence-electron chi connectivity index (χ1n) is 8.58. The molecule has 0 fully saturated rings.